The molecular weight excluding hydrogens is 442 g/mol. The van der Waals surface area contributed by atoms with Gasteiger partial charge in [0.15, 0.2) is 0 Å². The largest absolute Gasteiger partial charge is 0.494 e. The fourth-order valence-corrected chi connectivity index (χ4v) is 4.02. The summed E-state index contributed by atoms with van der Waals surface area (Å²) in [7, 11) is 0. The molecule has 1 aliphatic heterocycles. The van der Waals surface area contributed by atoms with E-state index in [0.29, 0.717) is 73.6 Å². The summed E-state index contributed by atoms with van der Waals surface area (Å²) in [6.45, 7) is 9.46. The Kier molecular flexibility index (Phi) is 8.83. The van der Waals surface area contributed by atoms with Crippen LogP contribution < -0.4 is 19.7 Å². The zero-order valence-electron chi connectivity index (χ0n) is 19.5. The number of hydrogen-bond donors (Lipinski definition) is 1. The predicted molar refractivity (Wildman–Crippen MR) is 132 cm³/mol. The van der Waals surface area contributed by atoms with Crippen molar-refractivity contribution in [3.05, 3.63) is 47.0 Å². The lowest BCUT2D eigenvalue weighted by atomic mass is 10.1. The van der Waals surface area contributed by atoms with Crippen molar-refractivity contribution >= 4 is 34.8 Å². The summed E-state index contributed by atoms with van der Waals surface area (Å²) in [5.74, 6) is 1.07. The number of ether oxygens (including phenoxy) is 2. The molecule has 1 heterocycles. The standard InChI is InChI=1S/C25H32ClN3O4/c1-4-7-24(30)29-12-10-28(11-13-29)23-9-8-19(26)16-22(23)27-25(31)18-14-20(32-5-2)17-21(15-18)33-6-3/h8-9,14-17H,4-7,10-13H2,1-3H3,(H,27,31). The number of halogens is 1. The van der Waals surface area contributed by atoms with Crippen LogP contribution in [0.3, 0.4) is 0 Å². The van der Waals surface area contributed by atoms with Gasteiger partial charge < -0.3 is 24.6 Å². The van der Waals surface area contributed by atoms with Gasteiger partial charge in [-0.1, -0.05) is 18.5 Å². The number of anilines is 2. The van der Waals surface area contributed by atoms with Gasteiger partial charge in [-0.25, -0.2) is 0 Å². The fourth-order valence-electron chi connectivity index (χ4n) is 3.85. The lowest BCUT2D eigenvalue weighted by Gasteiger charge is -2.37. The van der Waals surface area contributed by atoms with E-state index in [1.54, 1.807) is 24.3 Å². The zero-order chi connectivity index (χ0) is 23.8. The highest BCUT2D eigenvalue weighted by molar-refractivity contribution is 6.31. The second-order valence-corrected chi connectivity index (χ2v) is 8.23. The van der Waals surface area contributed by atoms with E-state index < -0.39 is 0 Å². The average molecular weight is 474 g/mol. The molecule has 33 heavy (non-hydrogen) atoms. The Morgan fingerprint density at radius 2 is 1.58 bits per heavy atom. The molecule has 0 radical (unpaired) electrons. The Morgan fingerprint density at radius 1 is 0.939 bits per heavy atom. The first-order chi connectivity index (χ1) is 15.9. The Morgan fingerprint density at radius 3 is 2.15 bits per heavy atom. The second kappa shape index (κ2) is 11.8. The van der Waals surface area contributed by atoms with Crippen LogP contribution in [0, 0.1) is 0 Å². The number of nitrogens with zero attached hydrogens (tertiary/aromatic N) is 2. The third-order valence-corrected chi connectivity index (χ3v) is 5.64. The Labute approximate surface area is 200 Å². The molecule has 178 valence electrons. The van der Waals surface area contributed by atoms with Crippen molar-refractivity contribution in [2.45, 2.75) is 33.6 Å². The number of piperazine rings is 1. The molecule has 0 aliphatic carbocycles. The summed E-state index contributed by atoms with van der Waals surface area (Å²) in [5, 5.41) is 3.53. The van der Waals surface area contributed by atoms with E-state index in [1.165, 1.54) is 0 Å². The van der Waals surface area contributed by atoms with E-state index in [9.17, 15) is 9.59 Å². The van der Waals surface area contributed by atoms with Crippen molar-refractivity contribution in [2.24, 2.45) is 0 Å². The maximum Gasteiger partial charge on any atom is 0.255 e. The molecular formula is C25H32ClN3O4. The number of carbonyl (C=O) groups is 2. The highest BCUT2D eigenvalue weighted by atomic mass is 35.5. The Bertz CT molecular complexity index is 950. The lowest BCUT2D eigenvalue weighted by Crippen LogP contribution is -2.48. The minimum atomic E-state index is -0.280. The summed E-state index contributed by atoms with van der Waals surface area (Å²) in [4.78, 5) is 29.4. The average Bonchev–Trinajstić information content (AvgIpc) is 2.80. The minimum Gasteiger partial charge on any atom is -0.494 e. The van der Waals surface area contributed by atoms with Gasteiger partial charge in [-0.05, 0) is 50.6 Å². The van der Waals surface area contributed by atoms with Crippen LogP contribution in [0.1, 0.15) is 44.0 Å². The molecule has 0 saturated carbocycles. The third kappa shape index (κ3) is 6.54. The molecule has 2 amide bonds. The van der Waals surface area contributed by atoms with Crippen LogP contribution in [0.2, 0.25) is 5.02 Å². The quantitative estimate of drug-likeness (QED) is 0.564. The molecule has 7 nitrogen and oxygen atoms in total. The van der Waals surface area contributed by atoms with Crippen LogP contribution in [-0.2, 0) is 4.79 Å². The van der Waals surface area contributed by atoms with Gasteiger partial charge in [0.25, 0.3) is 5.91 Å². The number of rotatable bonds is 9. The van der Waals surface area contributed by atoms with Crippen molar-refractivity contribution in [1.82, 2.24) is 4.90 Å². The van der Waals surface area contributed by atoms with Gasteiger partial charge in [-0.2, -0.15) is 0 Å². The number of benzene rings is 2. The first-order valence-electron chi connectivity index (χ1n) is 11.5. The Balaban J connectivity index is 1.79. The first-order valence-corrected chi connectivity index (χ1v) is 11.9. The third-order valence-electron chi connectivity index (χ3n) is 5.41. The fraction of sp³-hybridized carbons (Fsp3) is 0.440. The van der Waals surface area contributed by atoms with E-state index in [0.717, 1.165) is 12.1 Å². The van der Waals surface area contributed by atoms with E-state index in [1.807, 2.05) is 37.8 Å². The summed E-state index contributed by atoms with van der Waals surface area (Å²) < 4.78 is 11.2. The van der Waals surface area contributed by atoms with E-state index in [4.69, 9.17) is 21.1 Å². The van der Waals surface area contributed by atoms with Gasteiger partial charge in [-0.3, -0.25) is 9.59 Å². The normalized spacial score (nSPS) is 13.6. The van der Waals surface area contributed by atoms with Gasteiger partial charge >= 0.3 is 0 Å². The van der Waals surface area contributed by atoms with Crippen molar-refractivity contribution in [3.8, 4) is 11.5 Å². The molecule has 0 unspecified atom stereocenters. The van der Waals surface area contributed by atoms with Gasteiger partial charge in [-0.15, -0.1) is 0 Å². The summed E-state index contributed by atoms with van der Waals surface area (Å²) >= 11 is 6.25. The van der Waals surface area contributed by atoms with Crippen LogP contribution >= 0.6 is 11.6 Å². The van der Waals surface area contributed by atoms with Crippen molar-refractivity contribution < 1.29 is 19.1 Å². The molecule has 0 spiro atoms. The van der Waals surface area contributed by atoms with Crippen LogP contribution in [0.25, 0.3) is 0 Å². The van der Waals surface area contributed by atoms with Crippen molar-refractivity contribution in [3.63, 3.8) is 0 Å². The molecule has 2 aromatic rings. The molecule has 1 N–H and O–H groups in total. The second-order valence-electron chi connectivity index (χ2n) is 7.79. The van der Waals surface area contributed by atoms with E-state index in [2.05, 4.69) is 10.2 Å². The van der Waals surface area contributed by atoms with E-state index >= 15 is 0 Å². The highest BCUT2D eigenvalue weighted by Crippen LogP contribution is 2.31. The molecule has 2 aromatic carbocycles. The summed E-state index contributed by atoms with van der Waals surface area (Å²) in [6, 6.07) is 10.6. The smallest absolute Gasteiger partial charge is 0.255 e. The Hall–Kier alpha value is -2.93. The van der Waals surface area contributed by atoms with Crippen molar-refractivity contribution in [1.29, 1.82) is 0 Å². The molecule has 0 aromatic heterocycles. The highest BCUT2D eigenvalue weighted by Gasteiger charge is 2.23. The SMILES string of the molecule is CCCC(=O)N1CCN(c2ccc(Cl)cc2NC(=O)c2cc(OCC)cc(OCC)c2)CC1. The van der Waals surface area contributed by atoms with Gasteiger partial charge in [0, 0.05) is 49.3 Å². The van der Waals surface area contributed by atoms with Crippen LogP contribution in [0.4, 0.5) is 11.4 Å². The van der Waals surface area contributed by atoms with Crippen LogP contribution in [0.15, 0.2) is 36.4 Å². The molecule has 0 bridgehead atoms. The van der Waals surface area contributed by atoms with Gasteiger partial charge in [0.1, 0.15) is 11.5 Å². The monoisotopic (exact) mass is 473 g/mol. The number of carbonyl (C=O) groups excluding carboxylic acids is 2. The zero-order valence-corrected chi connectivity index (χ0v) is 20.3. The van der Waals surface area contributed by atoms with Crippen LogP contribution in [0.5, 0.6) is 11.5 Å². The van der Waals surface area contributed by atoms with Gasteiger partial charge in [0.05, 0.1) is 24.6 Å². The maximum absolute atomic E-state index is 13.1. The molecule has 3 rings (SSSR count). The minimum absolute atomic E-state index is 0.195. The number of amides is 2. The maximum atomic E-state index is 13.1. The number of hydrogen-bond acceptors (Lipinski definition) is 5. The number of nitrogens with one attached hydrogen (secondary N) is 1. The molecule has 8 heteroatoms. The summed E-state index contributed by atoms with van der Waals surface area (Å²) in [5.41, 5.74) is 1.94. The predicted octanol–water partition coefficient (Wildman–Crippen LogP) is 4.84. The molecule has 1 aliphatic rings. The molecule has 1 fully saturated rings. The summed E-state index contributed by atoms with van der Waals surface area (Å²) in [6.07, 6.45) is 1.43. The first kappa shape index (κ1) is 24.7. The topological polar surface area (TPSA) is 71.1 Å². The van der Waals surface area contributed by atoms with Crippen molar-refractivity contribution in [2.75, 3.05) is 49.6 Å². The lowest BCUT2D eigenvalue weighted by molar-refractivity contribution is -0.131. The van der Waals surface area contributed by atoms with E-state index in [-0.39, 0.29) is 11.8 Å². The van der Waals surface area contributed by atoms with Gasteiger partial charge in [0.2, 0.25) is 5.91 Å². The van der Waals surface area contributed by atoms with Crippen LogP contribution in [-0.4, -0.2) is 56.1 Å². The molecule has 1 saturated heterocycles. The molecule has 0 atom stereocenters.